The fourth-order valence-corrected chi connectivity index (χ4v) is 2.60. The first-order valence-electron chi connectivity index (χ1n) is 7.77. The molecule has 124 valence electrons. The quantitative estimate of drug-likeness (QED) is 0.814. The Labute approximate surface area is 135 Å². The van der Waals surface area contributed by atoms with Crippen molar-refractivity contribution in [1.82, 2.24) is 10.2 Å². The lowest BCUT2D eigenvalue weighted by Gasteiger charge is -2.30. The van der Waals surface area contributed by atoms with Crippen LogP contribution in [-0.2, 0) is 16.0 Å². The van der Waals surface area contributed by atoms with E-state index in [0.29, 0.717) is 12.3 Å². The Morgan fingerprint density at radius 1 is 1.26 bits per heavy atom. The molecule has 0 radical (unpaired) electrons. The molecule has 1 N–H and O–H groups in total. The Morgan fingerprint density at radius 2 is 2.00 bits per heavy atom. The van der Waals surface area contributed by atoms with Gasteiger partial charge in [-0.15, -0.1) is 0 Å². The summed E-state index contributed by atoms with van der Waals surface area (Å²) in [6.07, 6.45) is 1.83. The number of methoxy groups -OCH3 is 1. The van der Waals surface area contributed by atoms with E-state index in [4.69, 9.17) is 4.74 Å². The molecule has 0 aliphatic carbocycles. The summed E-state index contributed by atoms with van der Waals surface area (Å²) in [6, 6.07) is 4.96. The molecule has 1 atom stereocenters. The molecule has 2 rings (SSSR count). The van der Waals surface area contributed by atoms with Crippen molar-refractivity contribution in [2.45, 2.75) is 33.1 Å². The second kappa shape index (κ2) is 7.26. The van der Waals surface area contributed by atoms with Crippen molar-refractivity contribution in [3.8, 4) is 5.75 Å². The molecule has 1 aromatic rings. The number of imide groups is 2. The monoisotopic (exact) mass is 318 g/mol. The summed E-state index contributed by atoms with van der Waals surface area (Å²) < 4.78 is 5.27. The van der Waals surface area contributed by atoms with E-state index in [0.717, 1.165) is 28.9 Å². The third kappa shape index (κ3) is 3.70. The van der Waals surface area contributed by atoms with Crippen LogP contribution >= 0.6 is 0 Å². The average Bonchev–Trinajstić information content (AvgIpc) is 2.52. The summed E-state index contributed by atoms with van der Waals surface area (Å²) in [5.74, 6) is -1.12. The van der Waals surface area contributed by atoms with Crippen LogP contribution in [0.5, 0.6) is 5.75 Å². The molecule has 1 saturated heterocycles. The zero-order chi connectivity index (χ0) is 17.0. The number of rotatable bonds is 6. The van der Waals surface area contributed by atoms with Gasteiger partial charge in [0.2, 0.25) is 11.8 Å². The number of carbonyl (C=O) groups excluding carboxylic acids is 3. The predicted molar refractivity (Wildman–Crippen MR) is 85.1 cm³/mol. The van der Waals surface area contributed by atoms with Crippen LogP contribution in [0.15, 0.2) is 18.2 Å². The molecular weight excluding hydrogens is 296 g/mol. The maximum Gasteiger partial charge on any atom is 0.330 e. The number of benzene rings is 1. The highest BCUT2D eigenvalue weighted by Gasteiger charge is 2.39. The van der Waals surface area contributed by atoms with Gasteiger partial charge in [-0.05, 0) is 37.0 Å². The number of amides is 4. The lowest BCUT2D eigenvalue weighted by atomic mass is 9.94. The Hall–Kier alpha value is -2.37. The molecule has 1 aliphatic heterocycles. The Morgan fingerprint density at radius 3 is 2.65 bits per heavy atom. The van der Waals surface area contributed by atoms with Crippen molar-refractivity contribution >= 4 is 17.8 Å². The number of aryl methyl sites for hydroxylation is 1. The van der Waals surface area contributed by atoms with Gasteiger partial charge in [-0.1, -0.05) is 25.5 Å². The van der Waals surface area contributed by atoms with Gasteiger partial charge in [0.15, 0.2) is 0 Å². The highest BCUT2D eigenvalue weighted by atomic mass is 16.5. The van der Waals surface area contributed by atoms with Gasteiger partial charge < -0.3 is 4.74 Å². The van der Waals surface area contributed by atoms with Crippen molar-refractivity contribution in [3.63, 3.8) is 0 Å². The maximum absolute atomic E-state index is 12.5. The number of unbranched alkanes of at least 4 members (excludes halogenated alkanes) is 1. The van der Waals surface area contributed by atoms with E-state index in [1.165, 1.54) is 0 Å². The molecule has 4 amide bonds. The first-order chi connectivity index (χ1) is 11.0. The maximum atomic E-state index is 12.5. The van der Waals surface area contributed by atoms with Crippen LogP contribution in [0.25, 0.3) is 0 Å². The van der Waals surface area contributed by atoms with Gasteiger partial charge in [-0.25, -0.2) is 4.79 Å². The van der Waals surface area contributed by atoms with Crippen molar-refractivity contribution in [2.24, 2.45) is 5.92 Å². The van der Waals surface area contributed by atoms with Crippen LogP contribution in [0.3, 0.4) is 0 Å². The van der Waals surface area contributed by atoms with Crippen LogP contribution in [-0.4, -0.2) is 36.4 Å². The molecule has 0 aromatic heterocycles. The zero-order valence-corrected chi connectivity index (χ0v) is 13.7. The van der Waals surface area contributed by atoms with Gasteiger partial charge in [0.05, 0.1) is 7.11 Å². The summed E-state index contributed by atoms with van der Waals surface area (Å²) in [7, 11) is 1.58. The van der Waals surface area contributed by atoms with Gasteiger partial charge in [0.25, 0.3) is 0 Å². The minimum absolute atomic E-state index is 0.247. The third-order valence-electron chi connectivity index (χ3n) is 4.00. The number of hydrogen-bond donors (Lipinski definition) is 1. The summed E-state index contributed by atoms with van der Waals surface area (Å²) in [4.78, 5) is 37.5. The average molecular weight is 318 g/mol. The first-order valence-corrected chi connectivity index (χ1v) is 7.77. The normalized spacial score (nSPS) is 18.1. The molecular formula is C17H22N2O4. The van der Waals surface area contributed by atoms with Crippen molar-refractivity contribution in [1.29, 1.82) is 0 Å². The van der Waals surface area contributed by atoms with Crippen molar-refractivity contribution < 1.29 is 19.1 Å². The Balaban J connectivity index is 2.18. The molecule has 1 unspecified atom stereocenters. The van der Waals surface area contributed by atoms with Gasteiger partial charge in [0.1, 0.15) is 11.7 Å². The SMILES string of the molecule is CCCCN1C(=O)NC(=O)C(Cc2ccc(C)c(OC)c2)C1=O. The molecule has 1 heterocycles. The molecule has 0 spiro atoms. The fourth-order valence-electron chi connectivity index (χ4n) is 2.60. The summed E-state index contributed by atoms with van der Waals surface area (Å²) >= 11 is 0. The zero-order valence-electron chi connectivity index (χ0n) is 13.7. The summed E-state index contributed by atoms with van der Waals surface area (Å²) in [5.41, 5.74) is 1.81. The van der Waals surface area contributed by atoms with E-state index in [9.17, 15) is 14.4 Å². The molecule has 6 nitrogen and oxygen atoms in total. The fraction of sp³-hybridized carbons (Fsp3) is 0.471. The Bertz CT molecular complexity index is 627. The van der Waals surface area contributed by atoms with E-state index < -0.39 is 23.8 Å². The van der Waals surface area contributed by atoms with Crippen LogP contribution in [0.1, 0.15) is 30.9 Å². The van der Waals surface area contributed by atoms with Gasteiger partial charge in [-0.2, -0.15) is 0 Å². The number of ether oxygens (including phenoxy) is 1. The molecule has 1 aromatic carbocycles. The molecule has 1 aliphatic rings. The largest absolute Gasteiger partial charge is 0.496 e. The third-order valence-corrected chi connectivity index (χ3v) is 4.00. The second-order valence-electron chi connectivity index (χ2n) is 5.70. The second-order valence-corrected chi connectivity index (χ2v) is 5.70. The molecule has 23 heavy (non-hydrogen) atoms. The Kier molecular flexibility index (Phi) is 5.36. The van der Waals surface area contributed by atoms with Crippen LogP contribution in [0.4, 0.5) is 4.79 Å². The number of nitrogens with zero attached hydrogens (tertiary/aromatic N) is 1. The van der Waals surface area contributed by atoms with E-state index in [2.05, 4.69) is 5.32 Å². The number of barbiturate groups is 1. The highest BCUT2D eigenvalue weighted by molar-refractivity contribution is 6.16. The number of nitrogens with one attached hydrogen (secondary N) is 1. The molecule has 1 fully saturated rings. The van der Waals surface area contributed by atoms with Gasteiger partial charge in [-0.3, -0.25) is 19.8 Å². The van der Waals surface area contributed by atoms with Gasteiger partial charge in [0, 0.05) is 6.54 Å². The first kappa shape index (κ1) is 17.0. The van der Waals surface area contributed by atoms with Crippen LogP contribution in [0, 0.1) is 12.8 Å². The number of carbonyl (C=O) groups is 3. The van der Waals surface area contributed by atoms with E-state index >= 15 is 0 Å². The predicted octanol–water partition coefficient (Wildman–Crippen LogP) is 2.04. The summed E-state index contributed by atoms with van der Waals surface area (Å²) in [6.45, 7) is 4.24. The van der Waals surface area contributed by atoms with E-state index in [1.807, 2.05) is 32.0 Å². The molecule has 0 saturated carbocycles. The number of hydrogen-bond acceptors (Lipinski definition) is 4. The minimum Gasteiger partial charge on any atom is -0.496 e. The molecule has 0 bridgehead atoms. The lowest BCUT2D eigenvalue weighted by Crippen LogP contribution is -2.58. The van der Waals surface area contributed by atoms with Crippen LogP contribution < -0.4 is 10.1 Å². The van der Waals surface area contributed by atoms with Gasteiger partial charge >= 0.3 is 6.03 Å². The highest BCUT2D eigenvalue weighted by Crippen LogP contribution is 2.23. The minimum atomic E-state index is -0.878. The number of urea groups is 1. The van der Waals surface area contributed by atoms with Crippen LogP contribution in [0.2, 0.25) is 0 Å². The standard InChI is InChI=1S/C17H22N2O4/c1-4-5-8-19-16(21)13(15(20)18-17(19)22)9-12-7-6-11(2)14(10-12)23-3/h6-7,10,13H,4-5,8-9H2,1-3H3,(H,18,20,22). The topological polar surface area (TPSA) is 75.7 Å². The van der Waals surface area contributed by atoms with E-state index in [-0.39, 0.29) is 6.42 Å². The van der Waals surface area contributed by atoms with Crippen molar-refractivity contribution in [2.75, 3.05) is 13.7 Å². The van der Waals surface area contributed by atoms with E-state index in [1.54, 1.807) is 7.11 Å². The van der Waals surface area contributed by atoms with Crippen molar-refractivity contribution in [3.05, 3.63) is 29.3 Å². The lowest BCUT2D eigenvalue weighted by molar-refractivity contribution is -0.142. The molecule has 6 heteroatoms. The summed E-state index contributed by atoms with van der Waals surface area (Å²) in [5, 5.41) is 2.27. The smallest absolute Gasteiger partial charge is 0.330 e.